The SMILES string of the molecule is COCCCNC(=O)C1CCCN(S(=O)(=O)Cc2ccc(Cl)cc2)C1. The van der Waals surface area contributed by atoms with Crippen LogP contribution in [-0.2, 0) is 25.3 Å². The molecule has 0 aromatic heterocycles. The van der Waals surface area contributed by atoms with Crippen LogP contribution in [0.25, 0.3) is 0 Å². The highest BCUT2D eigenvalue weighted by Gasteiger charge is 2.32. The van der Waals surface area contributed by atoms with Crippen molar-refractivity contribution in [3.8, 4) is 0 Å². The molecule has 0 radical (unpaired) electrons. The summed E-state index contributed by atoms with van der Waals surface area (Å²) in [6, 6.07) is 6.78. The fourth-order valence-corrected chi connectivity index (χ4v) is 4.60. The third-order valence-electron chi connectivity index (χ3n) is 4.24. The van der Waals surface area contributed by atoms with Crippen LogP contribution in [-0.4, -0.2) is 52.0 Å². The number of amides is 1. The lowest BCUT2D eigenvalue weighted by Gasteiger charge is -2.31. The van der Waals surface area contributed by atoms with Crippen molar-refractivity contribution in [2.75, 3.05) is 33.4 Å². The Bertz CT molecular complexity index is 664. The number of nitrogens with one attached hydrogen (secondary N) is 1. The summed E-state index contributed by atoms with van der Waals surface area (Å²) >= 11 is 5.83. The number of hydrogen-bond donors (Lipinski definition) is 1. The molecule has 1 N–H and O–H groups in total. The van der Waals surface area contributed by atoms with Crippen molar-refractivity contribution >= 4 is 27.5 Å². The van der Waals surface area contributed by atoms with E-state index in [9.17, 15) is 13.2 Å². The van der Waals surface area contributed by atoms with Crippen molar-refractivity contribution in [3.63, 3.8) is 0 Å². The first kappa shape index (κ1) is 20.2. The van der Waals surface area contributed by atoms with E-state index < -0.39 is 10.0 Å². The van der Waals surface area contributed by atoms with Gasteiger partial charge in [0.05, 0.1) is 11.7 Å². The van der Waals surface area contributed by atoms with E-state index >= 15 is 0 Å². The minimum absolute atomic E-state index is 0.0770. The van der Waals surface area contributed by atoms with Crippen LogP contribution in [0.4, 0.5) is 0 Å². The number of halogens is 1. The van der Waals surface area contributed by atoms with E-state index in [0.717, 1.165) is 6.42 Å². The van der Waals surface area contributed by atoms with Gasteiger partial charge in [0.2, 0.25) is 15.9 Å². The minimum Gasteiger partial charge on any atom is -0.385 e. The molecule has 1 amide bonds. The zero-order chi connectivity index (χ0) is 18.3. The molecule has 140 valence electrons. The highest BCUT2D eigenvalue weighted by atomic mass is 35.5. The number of carbonyl (C=O) groups is 1. The molecule has 0 spiro atoms. The third kappa shape index (κ3) is 6.26. The zero-order valence-corrected chi connectivity index (χ0v) is 16.0. The number of rotatable bonds is 8. The smallest absolute Gasteiger partial charge is 0.224 e. The molecule has 1 fully saturated rings. The summed E-state index contributed by atoms with van der Waals surface area (Å²) in [6.07, 6.45) is 2.15. The Kier molecular flexibility index (Phi) is 7.68. The van der Waals surface area contributed by atoms with Crippen molar-refractivity contribution < 1.29 is 17.9 Å². The predicted molar refractivity (Wildman–Crippen MR) is 97.9 cm³/mol. The van der Waals surface area contributed by atoms with E-state index in [0.29, 0.717) is 43.1 Å². The van der Waals surface area contributed by atoms with Gasteiger partial charge in [-0.15, -0.1) is 0 Å². The lowest BCUT2D eigenvalue weighted by atomic mass is 9.99. The molecule has 0 saturated carbocycles. The second-order valence-electron chi connectivity index (χ2n) is 6.22. The average Bonchev–Trinajstić information content (AvgIpc) is 2.60. The molecule has 1 atom stereocenters. The molecule has 6 nitrogen and oxygen atoms in total. The molecule has 8 heteroatoms. The molecular formula is C17H25ClN2O4S. The number of hydrogen-bond acceptors (Lipinski definition) is 4. The van der Waals surface area contributed by atoms with Gasteiger partial charge in [-0.25, -0.2) is 12.7 Å². The second kappa shape index (κ2) is 9.52. The Hall–Kier alpha value is -1.15. The normalized spacial score (nSPS) is 18.9. The molecule has 1 aliphatic heterocycles. The first-order valence-electron chi connectivity index (χ1n) is 8.41. The van der Waals surface area contributed by atoms with Gasteiger partial charge in [0.25, 0.3) is 0 Å². The average molecular weight is 389 g/mol. The highest BCUT2D eigenvalue weighted by Crippen LogP contribution is 2.22. The molecule has 25 heavy (non-hydrogen) atoms. The Morgan fingerprint density at radius 1 is 1.36 bits per heavy atom. The molecule has 1 aromatic carbocycles. The second-order valence-corrected chi connectivity index (χ2v) is 8.62. The first-order chi connectivity index (χ1) is 11.9. The largest absolute Gasteiger partial charge is 0.385 e. The Morgan fingerprint density at radius 2 is 2.08 bits per heavy atom. The fraction of sp³-hybridized carbons (Fsp3) is 0.588. The van der Waals surface area contributed by atoms with Crippen LogP contribution in [0.1, 0.15) is 24.8 Å². The lowest BCUT2D eigenvalue weighted by molar-refractivity contribution is -0.126. The van der Waals surface area contributed by atoms with Gasteiger partial charge >= 0.3 is 0 Å². The van der Waals surface area contributed by atoms with Gasteiger partial charge in [-0.2, -0.15) is 0 Å². The minimum atomic E-state index is -3.45. The summed E-state index contributed by atoms with van der Waals surface area (Å²) in [5, 5.41) is 3.43. The van der Waals surface area contributed by atoms with Crippen molar-refractivity contribution in [1.82, 2.24) is 9.62 Å². The Morgan fingerprint density at radius 3 is 2.76 bits per heavy atom. The fourth-order valence-electron chi connectivity index (χ4n) is 2.86. The standard InChI is InChI=1S/C17H25ClN2O4S/c1-24-11-3-9-19-17(21)15-4-2-10-20(12-15)25(22,23)13-14-5-7-16(18)8-6-14/h5-8,15H,2-4,9-13H2,1H3,(H,19,21). The number of ether oxygens (including phenoxy) is 1. The van der Waals surface area contributed by atoms with Gasteiger partial charge < -0.3 is 10.1 Å². The number of benzene rings is 1. The molecular weight excluding hydrogens is 364 g/mol. The Labute approximate surface area is 154 Å². The number of piperidine rings is 1. The van der Waals surface area contributed by atoms with E-state index in [2.05, 4.69) is 5.32 Å². The Balaban J connectivity index is 1.92. The van der Waals surface area contributed by atoms with E-state index in [4.69, 9.17) is 16.3 Å². The van der Waals surface area contributed by atoms with Crippen LogP contribution < -0.4 is 5.32 Å². The van der Waals surface area contributed by atoms with Crippen LogP contribution in [0.2, 0.25) is 5.02 Å². The topological polar surface area (TPSA) is 75.7 Å². The van der Waals surface area contributed by atoms with E-state index in [1.807, 2.05) is 0 Å². The van der Waals surface area contributed by atoms with Crippen LogP contribution in [0.15, 0.2) is 24.3 Å². The monoisotopic (exact) mass is 388 g/mol. The van der Waals surface area contributed by atoms with Gasteiger partial charge in [-0.3, -0.25) is 4.79 Å². The molecule has 1 aromatic rings. The lowest BCUT2D eigenvalue weighted by Crippen LogP contribution is -2.45. The summed E-state index contributed by atoms with van der Waals surface area (Å²) in [4.78, 5) is 12.2. The van der Waals surface area contributed by atoms with Gasteiger partial charge in [0.15, 0.2) is 0 Å². The summed E-state index contributed by atoms with van der Waals surface area (Å²) in [6.45, 7) is 1.84. The zero-order valence-electron chi connectivity index (χ0n) is 14.4. The van der Waals surface area contributed by atoms with Crippen LogP contribution in [0.5, 0.6) is 0 Å². The number of carbonyl (C=O) groups excluding carboxylic acids is 1. The van der Waals surface area contributed by atoms with Gasteiger partial charge in [-0.05, 0) is 37.0 Å². The van der Waals surface area contributed by atoms with Gasteiger partial charge in [0.1, 0.15) is 0 Å². The molecule has 1 unspecified atom stereocenters. The summed E-state index contributed by atoms with van der Waals surface area (Å²) < 4.78 is 31.7. The van der Waals surface area contributed by atoms with E-state index in [-0.39, 0.29) is 24.1 Å². The number of nitrogens with zero attached hydrogens (tertiary/aromatic N) is 1. The molecule has 1 aliphatic rings. The van der Waals surface area contributed by atoms with E-state index in [1.165, 1.54) is 4.31 Å². The van der Waals surface area contributed by atoms with Gasteiger partial charge in [0, 0.05) is 38.4 Å². The van der Waals surface area contributed by atoms with Crippen LogP contribution in [0, 0.1) is 5.92 Å². The molecule has 2 rings (SSSR count). The quantitative estimate of drug-likeness (QED) is 0.691. The molecule has 1 heterocycles. The molecule has 0 bridgehead atoms. The van der Waals surface area contributed by atoms with Crippen molar-refractivity contribution in [1.29, 1.82) is 0 Å². The number of methoxy groups -OCH3 is 1. The summed E-state index contributed by atoms with van der Waals surface area (Å²) in [7, 11) is -1.84. The molecule has 1 saturated heterocycles. The van der Waals surface area contributed by atoms with E-state index in [1.54, 1.807) is 31.4 Å². The maximum absolute atomic E-state index is 12.7. The summed E-state index contributed by atoms with van der Waals surface area (Å²) in [5.41, 5.74) is 0.690. The first-order valence-corrected chi connectivity index (χ1v) is 10.4. The maximum atomic E-state index is 12.7. The molecule has 0 aliphatic carbocycles. The predicted octanol–water partition coefficient (Wildman–Crippen LogP) is 2.03. The van der Waals surface area contributed by atoms with Crippen LogP contribution >= 0.6 is 11.6 Å². The highest BCUT2D eigenvalue weighted by molar-refractivity contribution is 7.88. The summed E-state index contributed by atoms with van der Waals surface area (Å²) in [5.74, 6) is -0.453. The van der Waals surface area contributed by atoms with Crippen molar-refractivity contribution in [3.05, 3.63) is 34.9 Å². The third-order valence-corrected chi connectivity index (χ3v) is 6.30. The van der Waals surface area contributed by atoms with Crippen molar-refractivity contribution in [2.24, 2.45) is 5.92 Å². The maximum Gasteiger partial charge on any atom is 0.224 e. The van der Waals surface area contributed by atoms with Crippen LogP contribution in [0.3, 0.4) is 0 Å². The van der Waals surface area contributed by atoms with Crippen molar-refractivity contribution in [2.45, 2.75) is 25.0 Å². The number of sulfonamides is 1. The van der Waals surface area contributed by atoms with Gasteiger partial charge in [-0.1, -0.05) is 23.7 Å².